The summed E-state index contributed by atoms with van der Waals surface area (Å²) in [6.45, 7) is 4.94. The van der Waals surface area contributed by atoms with Gasteiger partial charge in [-0.15, -0.1) is 0 Å². The number of esters is 2. The third-order valence-corrected chi connectivity index (χ3v) is 12.6. The Morgan fingerprint density at radius 1 is 0.406 bits per heavy atom. The summed E-state index contributed by atoms with van der Waals surface area (Å²) in [7, 11) is 5.98. The van der Waals surface area contributed by atoms with Gasteiger partial charge in [-0.05, 0) is 12.8 Å². The molecule has 380 valence electrons. The molecule has 9 nitrogen and oxygen atoms in total. The Morgan fingerprint density at radius 3 is 1.00 bits per heavy atom. The van der Waals surface area contributed by atoms with Crippen LogP contribution in [0.5, 0.6) is 0 Å². The van der Waals surface area contributed by atoms with Crippen LogP contribution in [0.4, 0.5) is 0 Å². The molecule has 0 aliphatic heterocycles. The van der Waals surface area contributed by atoms with Gasteiger partial charge in [0.2, 0.25) is 0 Å². The van der Waals surface area contributed by atoms with E-state index in [4.69, 9.17) is 18.9 Å². The van der Waals surface area contributed by atoms with Gasteiger partial charge in [-0.2, -0.15) is 0 Å². The largest absolute Gasteiger partial charge is 0.477 e. The van der Waals surface area contributed by atoms with Crippen molar-refractivity contribution in [2.75, 3.05) is 47.5 Å². The van der Waals surface area contributed by atoms with E-state index in [1.807, 2.05) is 21.1 Å². The molecule has 0 fully saturated rings. The minimum Gasteiger partial charge on any atom is -0.477 e. The van der Waals surface area contributed by atoms with Crippen molar-refractivity contribution >= 4 is 17.9 Å². The molecule has 0 aliphatic carbocycles. The first-order valence-electron chi connectivity index (χ1n) is 27.7. The molecule has 0 aromatic carbocycles. The number of carbonyl (C=O) groups excluding carboxylic acids is 2. The highest BCUT2D eigenvalue weighted by Gasteiger charge is 2.25. The van der Waals surface area contributed by atoms with Crippen LogP contribution >= 0.6 is 0 Å². The highest BCUT2D eigenvalue weighted by molar-refractivity contribution is 5.71. The third-order valence-electron chi connectivity index (χ3n) is 12.6. The topological polar surface area (TPSA) is 108 Å². The molecule has 0 radical (unpaired) electrons. The molecule has 9 heteroatoms. The van der Waals surface area contributed by atoms with E-state index in [0.29, 0.717) is 17.4 Å². The first-order valence-corrected chi connectivity index (χ1v) is 27.7. The quantitative estimate of drug-likeness (QED) is 0.0278. The second kappa shape index (κ2) is 47.8. The summed E-state index contributed by atoms with van der Waals surface area (Å²) in [5.74, 6) is -1.98. The standard InChI is InChI=1S/C55H107NO8/c1-6-8-10-12-14-16-18-20-22-24-26-28-30-32-34-36-38-40-42-44-46-53(58)64-51(50-63-55(54(59)60)61-48-47-56(3,4)5)49-62-52(57)45-43-41-39-37-35-33-31-29-27-25-23-21-19-17-15-13-11-9-7-2/h51,55H,6-50H2,1-5H3/p+1. The molecular weight excluding hydrogens is 803 g/mol. The van der Waals surface area contributed by atoms with Crippen molar-refractivity contribution in [1.82, 2.24) is 0 Å². The second-order valence-corrected chi connectivity index (χ2v) is 20.3. The van der Waals surface area contributed by atoms with Crippen LogP contribution in [0.25, 0.3) is 0 Å². The van der Waals surface area contributed by atoms with Crippen molar-refractivity contribution in [3.8, 4) is 0 Å². The number of ether oxygens (including phenoxy) is 4. The summed E-state index contributed by atoms with van der Waals surface area (Å²) >= 11 is 0. The molecule has 2 atom stereocenters. The van der Waals surface area contributed by atoms with Gasteiger partial charge in [-0.1, -0.05) is 251 Å². The predicted molar refractivity (Wildman–Crippen MR) is 268 cm³/mol. The van der Waals surface area contributed by atoms with E-state index in [0.717, 1.165) is 38.5 Å². The first-order chi connectivity index (χ1) is 31.1. The second-order valence-electron chi connectivity index (χ2n) is 20.3. The zero-order chi connectivity index (χ0) is 47.0. The Bertz CT molecular complexity index is 1020. The molecule has 0 spiro atoms. The van der Waals surface area contributed by atoms with Gasteiger partial charge in [0.1, 0.15) is 13.2 Å². The Balaban J connectivity index is 4.23. The lowest BCUT2D eigenvalue weighted by Crippen LogP contribution is -2.40. The number of carboxylic acids is 1. The predicted octanol–water partition coefficient (Wildman–Crippen LogP) is 15.6. The summed E-state index contributed by atoms with van der Waals surface area (Å²) in [5.41, 5.74) is 0. The van der Waals surface area contributed by atoms with Gasteiger partial charge in [-0.25, -0.2) is 4.79 Å². The molecule has 0 rings (SSSR count). The minimum absolute atomic E-state index is 0.172. The van der Waals surface area contributed by atoms with Crippen LogP contribution < -0.4 is 0 Å². The van der Waals surface area contributed by atoms with Crippen LogP contribution in [-0.2, 0) is 33.3 Å². The zero-order valence-corrected chi connectivity index (χ0v) is 43.2. The van der Waals surface area contributed by atoms with Crippen molar-refractivity contribution in [1.29, 1.82) is 0 Å². The lowest BCUT2D eigenvalue weighted by Gasteiger charge is -2.25. The fraction of sp³-hybridized carbons (Fsp3) is 0.945. The van der Waals surface area contributed by atoms with Gasteiger partial charge in [0.25, 0.3) is 6.29 Å². The molecule has 0 heterocycles. The fourth-order valence-electron chi connectivity index (χ4n) is 8.31. The third kappa shape index (κ3) is 48.2. The molecule has 64 heavy (non-hydrogen) atoms. The normalized spacial score (nSPS) is 12.7. The zero-order valence-electron chi connectivity index (χ0n) is 43.2. The number of hydrogen-bond acceptors (Lipinski definition) is 7. The van der Waals surface area contributed by atoms with Crippen molar-refractivity contribution in [2.45, 2.75) is 289 Å². The molecule has 0 saturated carbocycles. The van der Waals surface area contributed by atoms with Crippen LogP contribution in [-0.4, -0.2) is 87.4 Å². The fourth-order valence-corrected chi connectivity index (χ4v) is 8.31. The van der Waals surface area contributed by atoms with Gasteiger partial charge in [0, 0.05) is 12.8 Å². The molecule has 0 bridgehead atoms. The molecule has 2 unspecified atom stereocenters. The van der Waals surface area contributed by atoms with Gasteiger partial charge in [0.05, 0.1) is 34.4 Å². The number of likely N-dealkylation sites (N-methyl/N-ethyl adjacent to an activating group) is 1. The van der Waals surface area contributed by atoms with Crippen LogP contribution in [0.3, 0.4) is 0 Å². The molecule has 1 N–H and O–H groups in total. The molecule has 0 aliphatic rings. The van der Waals surface area contributed by atoms with Crippen LogP contribution in [0.15, 0.2) is 0 Å². The van der Waals surface area contributed by atoms with E-state index < -0.39 is 18.4 Å². The number of unbranched alkanes of at least 4 members (excludes halogenated alkanes) is 37. The number of carbonyl (C=O) groups is 3. The van der Waals surface area contributed by atoms with E-state index in [1.54, 1.807) is 0 Å². The number of nitrogens with zero attached hydrogens (tertiary/aromatic N) is 1. The summed E-state index contributed by atoms with van der Waals surface area (Å²) in [4.78, 5) is 37.3. The lowest BCUT2D eigenvalue weighted by molar-refractivity contribution is -0.870. The highest BCUT2D eigenvalue weighted by Crippen LogP contribution is 2.18. The number of hydrogen-bond donors (Lipinski definition) is 1. The van der Waals surface area contributed by atoms with Crippen molar-refractivity contribution < 1.29 is 42.9 Å². The summed E-state index contributed by atoms with van der Waals surface area (Å²) in [6.07, 6.45) is 48.8. The lowest BCUT2D eigenvalue weighted by atomic mass is 10.0. The van der Waals surface area contributed by atoms with E-state index >= 15 is 0 Å². The Kier molecular flexibility index (Phi) is 46.5. The molecule has 0 aromatic heterocycles. The van der Waals surface area contributed by atoms with Gasteiger partial charge in [-0.3, -0.25) is 9.59 Å². The first kappa shape index (κ1) is 62.3. The van der Waals surface area contributed by atoms with Crippen molar-refractivity contribution in [3.63, 3.8) is 0 Å². The number of rotatable bonds is 52. The van der Waals surface area contributed by atoms with Crippen molar-refractivity contribution in [3.05, 3.63) is 0 Å². The minimum atomic E-state index is -1.50. The van der Waals surface area contributed by atoms with E-state index in [1.165, 1.54) is 212 Å². The number of aliphatic carboxylic acids is 1. The molecule has 0 saturated heterocycles. The number of carboxylic acid groups (broad SMARTS) is 1. The SMILES string of the molecule is CCCCCCCCCCCCCCCCCCCCCCC(=O)OC(COC(=O)CCCCCCCCCCCCCCCCCCCCC)COC(OCC[N+](C)(C)C)C(=O)O. The van der Waals surface area contributed by atoms with Gasteiger partial charge < -0.3 is 28.5 Å². The summed E-state index contributed by atoms with van der Waals surface area (Å²) < 4.78 is 22.9. The van der Waals surface area contributed by atoms with Crippen LogP contribution in [0, 0.1) is 0 Å². The average Bonchev–Trinajstić information content (AvgIpc) is 3.26. The van der Waals surface area contributed by atoms with E-state index in [2.05, 4.69) is 13.8 Å². The van der Waals surface area contributed by atoms with Gasteiger partial charge in [0.15, 0.2) is 6.10 Å². The smallest absolute Gasteiger partial charge is 0.361 e. The maximum absolute atomic E-state index is 12.8. The van der Waals surface area contributed by atoms with Crippen LogP contribution in [0.2, 0.25) is 0 Å². The maximum atomic E-state index is 12.8. The van der Waals surface area contributed by atoms with Gasteiger partial charge >= 0.3 is 17.9 Å². The molecular formula is C55H108NO8+. The summed E-state index contributed by atoms with van der Waals surface area (Å²) in [5, 5.41) is 9.68. The maximum Gasteiger partial charge on any atom is 0.361 e. The Morgan fingerprint density at radius 2 is 0.703 bits per heavy atom. The monoisotopic (exact) mass is 911 g/mol. The van der Waals surface area contributed by atoms with E-state index in [-0.39, 0.29) is 38.2 Å². The van der Waals surface area contributed by atoms with E-state index in [9.17, 15) is 19.5 Å². The molecule has 0 aromatic rings. The highest BCUT2D eigenvalue weighted by atomic mass is 16.7. The summed E-state index contributed by atoms with van der Waals surface area (Å²) in [6, 6.07) is 0. The van der Waals surface area contributed by atoms with Crippen molar-refractivity contribution in [2.24, 2.45) is 0 Å². The Hall–Kier alpha value is -1.71. The average molecular weight is 911 g/mol. The number of quaternary nitrogens is 1. The molecule has 0 amide bonds. The Labute approximate surface area is 396 Å². The van der Waals surface area contributed by atoms with Crippen LogP contribution in [0.1, 0.15) is 277 Å².